The van der Waals surface area contributed by atoms with Crippen LogP contribution in [0, 0.1) is 12.3 Å². The normalized spacial score (nSPS) is 18.2. The monoisotopic (exact) mass is 360 g/mol. The summed E-state index contributed by atoms with van der Waals surface area (Å²) in [5.74, 6) is -0.388. The fourth-order valence-electron chi connectivity index (χ4n) is 3.24. The molecule has 0 aromatic heterocycles. The van der Waals surface area contributed by atoms with Gasteiger partial charge in [-0.05, 0) is 69.6 Å². The number of nitrogens with one attached hydrogen (secondary N) is 2. The summed E-state index contributed by atoms with van der Waals surface area (Å²) in [5, 5.41) is 6.40. The van der Waals surface area contributed by atoms with E-state index in [-0.39, 0.29) is 11.8 Å². The standard InChI is InChI=1S/C20H25ClN2O2/c1-14-7-8-16(13-17(14)21)23-19(25)20(10-11-20)18(24)22-12-9-15-5-3-2-4-6-15/h5,7-8,13H,2-4,6,9-12H2,1H3,(H,22,24)(H,23,25). The van der Waals surface area contributed by atoms with Crippen molar-refractivity contribution in [2.75, 3.05) is 11.9 Å². The van der Waals surface area contributed by atoms with Gasteiger partial charge in [-0.3, -0.25) is 9.59 Å². The second kappa shape index (κ2) is 7.61. The first-order valence-electron chi connectivity index (χ1n) is 9.05. The van der Waals surface area contributed by atoms with Crippen LogP contribution in [0.2, 0.25) is 5.02 Å². The molecule has 5 heteroatoms. The Balaban J connectivity index is 1.53. The van der Waals surface area contributed by atoms with Crippen molar-refractivity contribution in [3.8, 4) is 0 Å². The number of anilines is 1. The van der Waals surface area contributed by atoms with Crippen LogP contribution in [-0.2, 0) is 9.59 Å². The fraction of sp³-hybridized carbons (Fsp3) is 0.500. The number of hydrogen-bond acceptors (Lipinski definition) is 2. The van der Waals surface area contributed by atoms with Gasteiger partial charge in [0.1, 0.15) is 5.41 Å². The molecule has 3 rings (SSSR count). The summed E-state index contributed by atoms with van der Waals surface area (Å²) in [7, 11) is 0. The van der Waals surface area contributed by atoms with Crippen LogP contribution >= 0.6 is 11.6 Å². The molecule has 2 N–H and O–H groups in total. The first-order chi connectivity index (χ1) is 12.0. The van der Waals surface area contributed by atoms with Crippen LogP contribution in [0.1, 0.15) is 50.5 Å². The molecule has 2 amide bonds. The van der Waals surface area contributed by atoms with E-state index in [0.29, 0.717) is 30.1 Å². The molecule has 1 saturated carbocycles. The van der Waals surface area contributed by atoms with Crippen molar-refractivity contribution in [1.82, 2.24) is 5.32 Å². The first kappa shape index (κ1) is 18.0. The molecule has 0 aliphatic heterocycles. The summed E-state index contributed by atoms with van der Waals surface area (Å²) in [4.78, 5) is 25.1. The number of rotatable bonds is 6. The van der Waals surface area contributed by atoms with Gasteiger partial charge in [0.25, 0.3) is 0 Å². The van der Waals surface area contributed by atoms with Crippen LogP contribution in [0.3, 0.4) is 0 Å². The van der Waals surface area contributed by atoms with E-state index in [1.807, 2.05) is 19.1 Å². The average molecular weight is 361 g/mol. The minimum atomic E-state index is -0.904. The molecule has 2 aliphatic rings. The van der Waals surface area contributed by atoms with Crippen molar-refractivity contribution in [2.24, 2.45) is 5.41 Å². The topological polar surface area (TPSA) is 58.2 Å². The molecule has 0 heterocycles. The van der Waals surface area contributed by atoms with E-state index >= 15 is 0 Å². The second-order valence-corrected chi connectivity index (χ2v) is 7.52. The molecular formula is C20H25ClN2O2. The molecule has 0 spiro atoms. The Morgan fingerprint density at radius 1 is 1.20 bits per heavy atom. The molecule has 25 heavy (non-hydrogen) atoms. The third-order valence-electron chi connectivity index (χ3n) is 5.17. The van der Waals surface area contributed by atoms with Crippen LogP contribution in [-0.4, -0.2) is 18.4 Å². The third-order valence-corrected chi connectivity index (χ3v) is 5.57. The van der Waals surface area contributed by atoms with Crippen LogP contribution in [0.25, 0.3) is 0 Å². The molecule has 1 fully saturated rings. The highest BCUT2D eigenvalue weighted by Gasteiger charge is 2.56. The summed E-state index contributed by atoms with van der Waals surface area (Å²) in [6.07, 6.45) is 9.17. The molecule has 0 unspecified atom stereocenters. The molecule has 134 valence electrons. The maximum absolute atomic E-state index is 12.6. The summed E-state index contributed by atoms with van der Waals surface area (Å²) in [6.45, 7) is 2.52. The van der Waals surface area contributed by atoms with Crippen molar-refractivity contribution in [1.29, 1.82) is 0 Å². The van der Waals surface area contributed by atoms with E-state index in [9.17, 15) is 9.59 Å². The molecule has 0 bridgehead atoms. The number of amides is 2. The largest absolute Gasteiger partial charge is 0.355 e. The smallest absolute Gasteiger partial charge is 0.240 e. The predicted octanol–water partition coefficient (Wildman–Crippen LogP) is 4.37. The Kier molecular flexibility index (Phi) is 5.48. The predicted molar refractivity (Wildman–Crippen MR) is 101 cm³/mol. The fourth-order valence-corrected chi connectivity index (χ4v) is 3.42. The number of aryl methyl sites for hydroxylation is 1. The maximum atomic E-state index is 12.6. The summed E-state index contributed by atoms with van der Waals surface area (Å²) < 4.78 is 0. The number of allylic oxidation sites excluding steroid dienone is 1. The highest BCUT2D eigenvalue weighted by molar-refractivity contribution is 6.31. The lowest BCUT2D eigenvalue weighted by Crippen LogP contribution is -2.40. The molecule has 0 radical (unpaired) electrons. The van der Waals surface area contributed by atoms with E-state index in [1.165, 1.54) is 18.4 Å². The van der Waals surface area contributed by atoms with Gasteiger partial charge in [-0.25, -0.2) is 0 Å². The first-order valence-corrected chi connectivity index (χ1v) is 9.43. The Labute approximate surface area is 154 Å². The Hall–Kier alpha value is -1.81. The quantitative estimate of drug-likeness (QED) is 0.584. The van der Waals surface area contributed by atoms with Gasteiger partial charge >= 0.3 is 0 Å². The van der Waals surface area contributed by atoms with Gasteiger partial charge in [0.15, 0.2) is 0 Å². The Morgan fingerprint density at radius 2 is 2.00 bits per heavy atom. The maximum Gasteiger partial charge on any atom is 0.240 e. The lowest BCUT2D eigenvalue weighted by molar-refractivity contribution is -0.134. The van der Waals surface area contributed by atoms with Crippen LogP contribution in [0.15, 0.2) is 29.8 Å². The number of carbonyl (C=O) groups excluding carboxylic acids is 2. The van der Waals surface area contributed by atoms with Gasteiger partial charge in [-0.1, -0.05) is 29.3 Å². The highest BCUT2D eigenvalue weighted by Crippen LogP contribution is 2.47. The summed E-state index contributed by atoms with van der Waals surface area (Å²) in [5.41, 5.74) is 2.11. The van der Waals surface area contributed by atoms with E-state index in [1.54, 1.807) is 6.07 Å². The van der Waals surface area contributed by atoms with Gasteiger partial charge in [0.05, 0.1) is 0 Å². The van der Waals surface area contributed by atoms with Crippen LogP contribution < -0.4 is 10.6 Å². The SMILES string of the molecule is Cc1ccc(NC(=O)C2(C(=O)NCCC3=CCCCC3)CC2)cc1Cl. The van der Waals surface area contributed by atoms with Gasteiger partial charge in [-0.2, -0.15) is 0 Å². The van der Waals surface area contributed by atoms with Gasteiger partial charge < -0.3 is 10.6 Å². The zero-order valence-corrected chi connectivity index (χ0v) is 15.4. The van der Waals surface area contributed by atoms with Crippen molar-refractivity contribution in [3.05, 3.63) is 40.4 Å². The van der Waals surface area contributed by atoms with Gasteiger partial charge in [0, 0.05) is 17.3 Å². The van der Waals surface area contributed by atoms with Crippen LogP contribution in [0.5, 0.6) is 0 Å². The van der Waals surface area contributed by atoms with E-state index in [4.69, 9.17) is 11.6 Å². The van der Waals surface area contributed by atoms with Crippen molar-refractivity contribution in [3.63, 3.8) is 0 Å². The molecule has 4 nitrogen and oxygen atoms in total. The third kappa shape index (κ3) is 4.24. The number of hydrogen-bond donors (Lipinski definition) is 2. The Bertz CT molecular complexity index is 708. The summed E-state index contributed by atoms with van der Waals surface area (Å²) in [6, 6.07) is 5.39. The molecular weight excluding hydrogens is 336 g/mol. The minimum absolute atomic E-state index is 0.153. The minimum Gasteiger partial charge on any atom is -0.355 e. The molecule has 0 saturated heterocycles. The lowest BCUT2D eigenvalue weighted by Gasteiger charge is -2.17. The molecule has 2 aliphatic carbocycles. The zero-order valence-electron chi connectivity index (χ0n) is 14.7. The van der Waals surface area contributed by atoms with E-state index < -0.39 is 5.41 Å². The van der Waals surface area contributed by atoms with Gasteiger partial charge in [0.2, 0.25) is 11.8 Å². The Morgan fingerprint density at radius 3 is 2.64 bits per heavy atom. The van der Waals surface area contributed by atoms with E-state index in [0.717, 1.165) is 24.8 Å². The van der Waals surface area contributed by atoms with Crippen LogP contribution in [0.4, 0.5) is 5.69 Å². The zero-order chi connectivity index (χ0) is 17.9. The second-order valence-electron chi connectivity index (χ2n) is 7.11. The number of halogens is 1. The summed E-state index contributed by atoms with van der Waals surface area (Å²) >= 11 is 6.10. The van der Waals surface area contributed by atoms with Crippen molar-refractivity contribution < 1.29 is 9.59 Å². The number of benzene rings is 1. The van der Waals surface area contributed by atoms with Crippen molar-refractivity contribution >= 4 is 29.1 Å². The van der Waals surface area contributed by atoms with Gasteiger partial charge in [-0.15, -0.1) is 0 Å². The lowest BCUT2D eigenvalue weighted by atomic mass is 9.97. The van der Waals surface area contributed by atoms with E-state index in [2.05, 4.69) is 16.7 Å². The average Bonchev–Trinajstić information content (AvgIpc) is 3.41. The molecule has 1 aromatic rings. The van der Waals surface area contributed by atoms with Crippen molar-refractivity contribution in [2.45, 2.75) is 51.9 Å². The molecule has 0 atom stereocenters. The molecule has 1 aromatic carbocycles. The number of carbonyl (C=O) groups is 2. The highest BCUT2D eigenvalue weighted by atomic mass is 35.5.